The normalized spacial score (nSPS) is 9.00. The van der Waals surface area contributed by atoms with E-state index in [9.17, 15) is 0 Å². The van der Waals surface area contributed by atoms with Crippen LogP contribution in [0.3, 0.4) is 0 Å². The first-order chi connectivity index (χ1) is 5.43. The largest absolute Gasteiger partial charge is 0.313 e. The summed E-state index contributed by atoms with van der Waals surface area (Å²) in [5.41, 5.74) is 1.20. The van der Waals surface area contributed by atoms with Crippen molar-refractivity contribution in [1.29, 1.82) is 5.26 Å². The summed E-state index contributed by atoms with van der Waals surface area (Å²) < 4.78 is 0. The highest BCUT2D eigenvalue weighted by molar-refractivity contribution is 5.26. The van der Waals surface area contributed by atoms with Crippen LogP contribution >= 0.6 is 0 Å². The predicted octanol–water partition coefficient (Wildman–Crippen LogP) is 0.795. The van der Waals surface area contributed by atoms with Crippen LogP contribution in [0.2, 0.25) is 0 Å². The molecule has 0 bridgehead atoms. The van der Waals surface area contributed by atoms with Gasteiger partial charge in [-0.3, -0.25) is 0 Å². The molecule has 56 valence electrons. The third-order valence-corrected chi connectivity index (χ3v) is 1.44. The topological polar surface area (TPSA) is 40.4 Å². The van der Waals surface area contributed by atoms with E-state index in [0.717, 1.165) is 6.54 Å². The fourth-order valence-corrected chi connectivity index (χ4v) is 0.893. The molecular weight excluding hydrogens is 136 g/mol. The number of rotatable bonds is 3. The molecule has 0 aromatic heterocycles. The third kappa shape index (κ3) is 2.83. The van der Waals surface area contributed by atoms with E-state index in [-0.39, 0.29) is 0 Å². The summed E-state index contributed by atoms with van der Waals surface area (Å²) in [7, 11) is 0. The Balaban J connectivity index is 2.35. The maximum absolute atomic E-state index is 8.27. The maximum Gasteiger partial charge on any atom is 0.129 e. The number of nitrogens with two attached hydrogens (primary N) is 1. The van der Waals surface area contributed by atoms with E-state index >= 15 is 0 Å². The van der Waals surface area contributed by atoms with Crippen LogP contribution in [-0.4, -0.2) is 6.54 Å². The molecule has 0 radical (unpaired) electrons. The van der Waals surface area contributed by atoms with Crippen molar-refractivity contribution in [3.05, 3.63) is 30.3 Å². The molecule has 0 atom stereocenters. The van der Waals surface area contributed by atoms with Crippen molar-refractivity contribution in [3.63, 3.8) is 0 Å². The molecule has 11 heavy (non-hydrogen) atoms. The quantitative estimate of drug-likeness (QED) is 0.498. The standard InChI is InChI=1S/C9H10N2/c10-7-4-8-11-9-5-2-1-3-6-9/h1-3,5-6,11H,4,8H2/p+1. The van der Waals surface area contributed by atoms with Gasteiger partial charge in [-0.25, -0.2) is 0 Å². The molecule has 1 rings (SSSR count). The van der Waals surface area contributed by atoms with Gasteiger partial charge in [0.05, 0.1) is 19.0 Å². The van der Waals surface area contributed by atoms with E-state index < -0.39 is 0 Å². The van der Waals surface area contributed by atoms with E-state index in [4.69, 9.17) is 5.26 Å². The second-order valence-electron chi connectivity index (χ2n) is 2.31. The molecule has 1 aromatic carbocycles. The summed E-state index contributed by atoms with van der Waals surface area (Å²) in [6.45, 7) is 0.848. The van der Waals surface area contributed by atoms with Crippen LogP contribution in [0.15, 0.2) is 30.3 Å². The summed E-state index contributed by atoms with van der Waals surface area (Å²) in [5.74, 6) is 0. The monoisotopic (exact) mass is 147 g/mol. The van der Waals surface area contributed by atoms with Crippen LogP contribution in [0.4, 0.5) is 5.69 Å². The summed E-state index contributed by atoms with van der Waals surface area (Å²) in [4.78, 5) is 0. The highest BCUT2D eigenvalue weighted by Crippen LogP contribution is 1.95. The Kier molecular flexibility index (Phi) is 3.17. The molecule has 0 aliphatic carbocycles. The predicted molar refractivity (Wildman–Crippen MR) is 43.1 cm³/mol. The van der Waals surface area contributed by atoms with Gasteiger partial charge in [0, 0.05) is 0 Å². The van der Waals surface area contributed by atoms with Crippen molar-refractivity contribution in [2.45, 2.75) is 6.42 Å². The van der Waals surface area contributed by atoms with Crippen LogP contribution in [0, 0.1) is 11.3 Å². The summed E-state index contributed by atoms with van der Waals surface area (Å²) in [6.07, 6.45) is 0.606. The molecule has 0 amide bonds. The molecular formula is C9H11N2+. The van der Waals surface area contributed by atoms with Crippen LogP contribution < -0.4 is 5.32 Å². The van der Waals surface area contributed by atoms with Crippen molar-refractivity contribution < 1.29 is 5.32 Å². The minimum absolute atomic E-state index is 0.606. The van der Waals surface area contributed by atoms with Crippen molar-refractivity contribution >= 4 is 5.69 Å². The molecule has 0 unspecified atom stereocenters. The van der Waals surface area contributed by atoms with E-state index in [0.29, 0.717) is 6.42 Å². The van der Waals surface area contributed by atoms with E-state index in [1.807, 2.05) is 30.3 Å². The fraction of sp³-hybridized carbons (Fsp3) is 0.222. The smallest absolute Gasteiger partial charge is 0.129 e. The average Bonchev–Trinajstić information content (AvgIpc) is 2.07. The molecule has 0 saturated heterocycles. The first-order valence-corrected chi connectivity index (χ1v) is 3.68. The Morgan fingerprint density at radius 1 is 1.27 bits per heavy atom. The van der Waals surface area contributed by atoms with Gasteiger partial charge < -0.3 is 5.32 Å². The van der Waals surface area contributed by atoms with Crippen molar-refractivity contribution in [3.8, 4) is 6.07 Å². The van der Waals surface area contributed by atoms with E-state index in [2.05, 4.69) is 11.4 Å². The van der Waals surface area contributed by atoms with Gasteiger partial charge in [-0.05, 0) is 12.1 Å². The molecule has 0 aliphatic heterocycles. The lowest BCUT2D eigenvalue weighted by molar-refractivity contribution is -0.570. The molecule has 1 aromatic rings. The van der Waals surface area contributed by atoms with Gasteiger partial charge in [0.1, 0.15) is 5.69 Å². The lowest BCUT2D eigenvalue weighted by atomic mass is 10.3. The Labute approximate surface area is 66.5 Å². The molecule has 0 saturated carbocycles. The third-order valence-electron chi connectivity index (χ3n) is 1.44. The minimum Gasteiger partial charge on any atom is -0.313 e. The summed E-state index contributed by atoms with van der Waals surface area (Å²) in [5, 5.41) is 10.3. The fourth-order valence-electron chi connectivity index (χ4n) is 0.893. The van der Waals surface area contributed by atoms with Crippen LogP contribution in [0.25, 0.3) is 0 Å². The number of quaternary nitrogens is 1. The molecule has 0 spiro atoms. The molecule has 2 nitrogen and oxygen atoms in total. The number of nitriles is 1. The minimum atomic E-state index is 0.606. The van der Waals surface area contributed by atoms with Gasteiger partial charge in [-0.15, -0.1) is 0 Å². The highest BCUT2D eigenvalue weighted by Gasteiger charge is 1.91. The number of para-hydroxylation sites is 1. The van der Waals surface area contributed by atoms with Gasteiger partial charge in [0.25, 0.3) is 0 Å². The van der Waals surface area contributed by atoms with Gasteiger partial charge in [0.2, 0.25) is 0 Å². The Bertz CT molecular complexity index is 235. The molecule has 2 N–H and O–H groups in total. The first kappa shape index (κ1) is 7.77. The maximum atomic E-state index is 8.27. The lowest BCUT2D eigenvalue weighted by Gasteiger charge is -1.95. The van der Waals surface area contributed by atoms with Crippen LogP contribution in [0.1, 0.15) is 6.42 Å². The molecule has 0 fully saturated rings. The highest BCUT2D eigenvalue weighted by atomic mass is 14.9. The van der Waals surface area contributed by atoms with Crippen molar-refractivity contribution in [2.75, 3.05) is 6.54 Å². The Morgan fingerprint density at radius 3 is 2.64 bits per heavy atom. The van der Waals surface area contributed by atoms with Gasteiger partial charge in [-0.1, -0.05) is 18.2 Å². The Morgan fingerprint density at radius 2 is 2.00 bits per heavy atom. The number of benzene rings is 1. The number of hydrogen-bond donors (Lipinski definition) is 1. The second-order valence-corrected chi connectivity index (χ2v) is 2.31. The molecule has 2 heteroatoms. The molecule has 0 aliphatic rings. The van der Waals surface area contributed by atoms with Crippen LogP contribution in [0.5, 0.6) is 0 Å². The lowest BCUT2D eigenvalue weighted by Crippen LogP contribution is -2.77. The summed E-state index contributed by atoms with van der Waals surface area (Å²) >= 11 is 0. The summed E-state index contributed by atoms with van der Waals surface area (Å²) in [6, 6.07) is 12.2. The zero-order valence-corrected chi connectivity index (χ0v) is 6.33. The zero-order chi connectivity index (χ0) is 7.94. The van der Waals surface area contributed by atoms with Crippen molar-refractivity contribution in [1.82, 2.24) is 0 Å². The van der Waals surface area contributed by atoms with Gasteiger partial charge >= 0.3 is 0 Å². The average molecular weight is 147 g/mol. The van der Waals surface area contributed by atoms with Gasteiger partial charge in [-0.2, -0.15) is 5.26 Å². The SMILES string of the molecule is N#CCC[NH2+]c1ccccc1. The number of nitrogens with zero attached hydrogens (tertiary/aromatic N) is 1. The Hall–Kier alpha value is -1.33. The van der Waals surface area contributed by atoms with Gasteiger partial charge in [0.15, 0.2) is 0 Å². The van der Waals surface area contributed by atoms with Crippen LogP contribution in [-0.2, 0) is 0 Å². The van der Waals surface area contributed by atoms with E-state index in [1.54, 1.807) is 0 Å². The molecule has 0 heterocycles. The number of hydrogen-bond acceptors (Lipinski definition) is 1. The second kappa shape index (κ2) is 4.48. The van der Waals surface area contributed by atoms with Crippen molar-refractivity contribution in [2.24, 2.45) is 0 Å². The first-order valence-electron chi connectivity index (χ1n) is 3.68. The zero-order valence-electron chi connectivity index (χ0n) is 6.33. The van der Waals surface area contributed by atoms with E-state index in [1.165, 1.54) is 5.69 Å².